The Kier molecular flexibility index (Phi) is 6.26. The quantitative estimate of drug-likeness (QED) is 0.826. The Labute approximate surface area is 155 Å². The molecule has 2 N–H and O–H groups in total. The minimum absolute atomic E-state index is 0.0372. The van der Waals surface area contributed by atoms with Crippen LogP contribution in [0.4, 0.5) is 11.4 Å². The average molecular weight is 354 g/mol. The molecule has 0 aliphatic carbocycles. The largest absolute Gasteiger partial charge is 0.378 e. The predicted octanol–water partition coefficient (Wildman–Crippen LogP) is 1.49. The fraction of sp³-hybridized carbons (Fsp3) is 0.381. The Morgan fingerprint density at radius 3 is 2.50 bits per heavy atom. The molecule has 1 atom stereocenters. The van der Waals surface area contributed by atoms with Gasteiger partial charge in [-0.2, -0.15) is 0 Å². The summed E-state index contributed by atoms with van der Waals surface area (Å²) in [7, 11) is 2.05. The van der Waals surface area contributed by atoms with Gasteiger partial charge in [0.05, 0.1) is 20.3 Å². The Hall–Kier alpha value is -2.37. The molecule has 1 fully saturated rings. The van der Waals surface area contributed by atoms with E-state index in [0.717, 1.165) is 38.5 Å². The first-order valence-corrected chi connectivity index (χ1v) is 9.20. The molecule has 0 spiro atoms. The van der Waals surface area contributed by atoms with Crippen LogP contribution in [-0.4, -0.2) is 45.8 Å². The lowest BCUT2D eigenvalue weighted by Crippen LogP contribution is -3.08. The third-order valence-corrected chi connectivity index (χ3v) is 4.74. The zero-order valence-electron chi connectivity index (χ0n) is 15.6. The number of rotatable bonds is 6. The van der Waals surface area contributed by atoms with Gasteiger partial charge in [-0.1, -0.05) is 24.3 Å². The molecule has 2 aromatic rings. The Balaban J connectivity index is 1.50. The third kappa shape index (κ3) is 5.07. The van der Waals surface area contributed by atoms with Crippen molar-refractivity contribution < 1.29 is 14.4 Å². The van der Waals surface area contributed by atoms with Crippen LogP contribution in [0, 0.1) is 6.92 Å². The molecular formula is C21H28N3O2+. The molecule has 1 heterocycles. The van der Waals surface area contributed by atoms with E-state index in [-0.39, 0.29) is 5.91 Å². The van der Waals surface area contributed by atoms with Crippen molar-refractivity contribution in [2.45, 2.75) is 13.5 Å². The van der Waals surface area contributed by atoms with Crippen LogP contribution in [0.1, 0.15) is 11.1 Å². The van der Waals surface area contributed by atoms with E-state index in [1.807, 2.05) is 31.3 Å². The van der Waals surface area contributed by atoms with Gasteiger partial charge in [-0.05, 0) is 36.8 Å². The van der Waals surface area contributed by atoms with Crippen molar-refractivity contribution in [3.8, 4) is 0 Å². The number of amides is 1. The number of likely N-dealkylation sites (N-methyl/N-ethyl adjacent to an activating group) is 1. The minimum Gasteiger partial charge on any atom is -0.378 e. The molecule has 138 valence electrons. The van der Waals surface area contributed by atoms with Crippen molar-refractivity contribution in [3.05, 3.63) is 59.7 Å². The highest BCUT2D eigenvalue weighted by molar-refractivity contribution is 5.91. The number of carbonyl (C=O) groups is 1. The van der Waals surface area contributed by atoms with E-state index >= 15 is 0 Å². The van der Waals surface area contributed by atoms with E-state index in [4.69, 9.17) is 4.74 Å². The summed E-state index contributed by atoms with van der Waals surface area (Å²) < 4.78 is 5.38. The molecule has 1 amide bonds. The number of ether oxygens (including phenoxy) is 1. The van der Waals surface area contributed by atoms with Gasteiger partial charge in [0.1, 0.15) is 6.54 Å². The maximum atomic E-state index is 12.3. The van der Waals surface area contributed by atoms with E-state index in [2.05, 4.69) is 41.4 Å². The van der Waals surface area contributed by atoms with E-state index in [1.54, 1.807) is 0 Å². The number of quaternary nitrogens is 1. The van der Waals surface area contributed by atoms with Crippen LogP contribution in [0.3, 0.4) is 0 Å². The van der Waals surface area contributed by atoms with Gasteiger partial charge >= 0.3 is 0 Å². The second-order valence-electron chi connectivity index (χ2n) is 6.93. The first-order valence-electron chi connectivity index (χ1n) is 9.20. The molecule has 1 saturated heterocycles. The third-order valence-electron chi connectivity index (χ3n) is 4.74. The van der Waals surface area contributed by atoms with Crippen LogP contribution in [0.2, 0.25) is 0 Å². The molecule has 5 heteroatoms. The van der Waals surface area contributed by atoms with Gasteiger partial charge in [-0.25, -0.2) is 0 Å². The SMILES string of the molecule is Cc1ccccc1C[NH+](C)CC(=O)Nc1ccc(N2CCOCC2)cc1. The molecule has 0 bridgehead atoms. The summed E-state index contributed by atoms with van der Waals surface area (Å²) in [5, 5.41) is 3.00. The highest BCUT2D eigenvalue weighted by atomic mass is 16.5. The lowest BCUT2D eigenvalue weighted by Gasteiger charge is -2.28. The van der Waals surface area contributed by atoms with Gasteiger partial charge in [0, 0.05) is 30.0 Å². The van der Waals surface area contributed by atoms with Crippen molar-refractivity contribution in [3.63, 3.8) is 0 Å². The monoisotopic (exact) mass is 354 g/mol. The number of hydrogen-bond donors (Lipinski definition) is 2. The lowest BCUT2D eigenvalue weighted by atomic mass is 10.1. The smallest absolute Gasteiger partial charge is 0.279 e. The topological polar surface area (TPSA) is 46.0 Å². The molecule has 2 aromatic carbocycles. The number of aryl methyl sites for hydroxylation is 1. The van der Waals surface area contributed by atoms with Gasteiger partial charge in [0.15, 0.2) is 6.54 Å². The lowest BCUT2D eigenvalue weighted by molar-refractivity contribution is -0.885. The minimum atomic E-state index is 0.0372. The molecule has 1 aliphatic heterocycles. The summed E-state index contributed by atoms with van der Waals surface area (Å²) >= 11 is 0. The normalized spacial score (nSPS) is 15.5. The van der Waals surface area contributed by atoms with Gasteiger partial charge in [0.2, 0.25) is 0 Å². The molecule has 1 unspecified atom stereocenters. The van der Waals surface area contributed by atoms with Crippen LogP contribution in [-0.2, 0) is 16.1 Å². The van der Waals surface area contributed by atoms with Crippen molar-refractivity contribution in [2.75, 3.05) is 50.1 Å². The highest BCUT2D eigenvalue weighted by Crippen LogP contribution is 2.18. The molecule has 26 heavy (non-hydrogen) atoms. The maximum absolute atomic E-state index is 12.3. The van der Waals surface area contributed by atoms with E-state index in [1.165, 1.54) is 21.7 Å². The Bertz CT molecular complexity index is 724. The standard InChI is InChI=1S/C21H27N3O2/c1-17-5-3-4-6-18(17)15-23(2)16-21(25)22-19-7-9-20(10-8-19)24-11-13-26-14-12-24/h3-10H,11-16H2,1-2H3,(H,22,25)/p+1. The zero-order valence-corrected chi connectivity index (χ0v) is 15.6. The van der Waals surface area contributed by atoms with Crippen molar-refractivity contribution in [2.24, 2.45) is 0 Å². The first-order chi connectivity index (χ1) is 12.6. The average Bonchev–Trinajstić information content (AvgIpc) is 2.65. The van der Waals surface area contributed by atoms with Gasteiger partial charge < -0.3 is 19.9 Å². The van der Waals surface area contributed by atoms with Crippen LogP contribution in [0.15, 0.2) is 48.5 Å². The van der Waals surface area contributed by atoms with Crippen LogP contribution in [0.5, 0.6) is 0 Å². The number of nitrogens with one attached hydrogen (secondary N) is 2. The Morgan fingerprint density at radius 1 is 1.12 bits per heavy atom. The highest BCUT2D eigenvalue weighted by Gasteiger charge is 2.13. The second-order valence-corrected chi connectivity index (χ2v) is 6.93. The summed E-state index contributed by atoms with van der Waals surface area (Å²) in [6.07, 6.45) is 0. The van der Waals surface area contributed by atoms with Crippen molar-refractivity contribution in [1.82, 2.24) is 0 Å². The molecule has 5 nitrogen and oxygen atoms in total. The summed E-state index contributed by atoms with van der Waals surface area (Å²) in [4.78, 5) is 15.8. The number of carbonyl (C=O) groups excluding carboxylic acids is 1. The van der Waals surface area contributed by atoms with Gasteiger partial charge in [0.25, 0.3) is 5.91 Å². The molecular weight excluding hydrogens is 326 g/mol. The summed E-state index contributed by atoms with van der Waals surface area (Å²) in [5.74, 6) is 0.0372. The van der Waals surface area contributed by atoms with Crippen molar-refractivity contribution in [1.29, 1.82) is 0 Å². The Morgan fingerprint density at radius 2 is 1.81 bits per heavy atom. The molecule has 0 saturated carbocycles. The van der Waals surface area contributed by atoms with Crippen LogP contribution >= 0.6 is 0 Å². The fourth-order valence-electron chi connectivity index (χ4n) is 3.25. The summed E-state index contributed by atoms with van der Waals surface area (Å²) in [5.41, 5.74) is 4.57. The number of nitrogens with zero attached hydrogens (tertiary/aromatic N) is 1. The van der Waals surface area contributed by atoms with Crippen LogP contribution < -0.4 is 15.1 Å². The summed E-state index contributed by atoms with van der Waals surface area (Å²) in [6, 6.07) is 16.4. The van der Waals surface area contributed by atoms with E-state index in [9.17, 15) is 4.79 Å². The number of anilines is 2. The van der Waals surface area contributed by atoms with E-state index in [0.29, 0.717) is 6.54 Å². The van der Waals surface area contributed by atoms with Crippen molar-refractivity contribution >= 4 is 17.3 Å². The number of hydrogen-bond acceptors (Lipinski definition) is 3. The zero-order chi connectivity index (χ0) is 18.4. The number of morpholine rings is 1. The molecule has 3 rings (SSSR count). The van der Waals surface area contributed by atoms with Gasteiger partial charge in [-0.15, -0.1) is 0 Å². The molecule has 1 aliphatic rings. The predicted molar refractivity (Wildman–Crippen MR) is 105 cm³/mol. The molecule has 0 aromatic heterocycles. The maximum Gasteiger partial charge on any atom is 0.279 e. The fourth-order valence-corrected chi connectivity index (χ4v) is 3.25. The first kappa shape index (κ1) is 18.4. The molecule has 0 radical (unpaired) electrons. The second kappa shape index (κ2) is 8.83. The summed E-state index contributed by atoms with van der Waals surface area (Å²) in [6.45, 7) is 6.77. The number of benzene rings is 2. The van der Waals surface area contributed by atoms with Crippen LogP contribution in [0.25, 0.3) is 0 Å². The van der Waals surface area contributed by atoms with E-state index < -0.39 is 0 Å². The van der Waals surface area contributed by atoms with Gasteiger partial charge in [-0.3, -0.25) is 4.79 Å².